The lowest BCUT2D eigenvalue weighted by atomic mass is 10.1. The third kappa shape index (κ3) is 3.16. The summed E-state index contributed by atoms with van der Waals surface area (Å²) in [4.78, 5) is 14.5. The first-order chi connectivity index (χ1) is 9.13. The molecule has 1 heterocycles. The predicted molar refractivity (Wildman–Crippen MR) is 77.7 cm³/mol. The van der Waals surface area contributed by atoms with Crippen molar-refractivity contribution in [2.75, 3.05) is 0 Å². The van der Waals surface area contributed by atoms with Crippen molar-refractivity contribution in [3.8, 4) is 0 Å². The minimum absolute atomic E-state index is 0.0725. The van der Waals surface area contributed by atoms with Crippen LogP contribution in [0.15, 0.2) is 30.3 Å². The molecule has 3 heteroatoms. The van der Waals surface area contributed by atoms with Crippen LogP contribution in [0.1, 0.15) is 39.2 Å². The number of hydrogen-bond donors (Lipinski definition) is 1. The standard InChI is InChI=1S/C16H24N2O/c1-4-8-12(2)18-13(3)17-15(16(18)19)11-14-9-6-5-7-10-14/h5-7,9-10,12-13,15,17H,4,8,11H2,1-3H3. The third-order valence-electron chi connectivity index (χ3n) is 3.88. The highest BCUT2D eigenvalue weighted by atomic mass is 16.2. The summed E-state index contributed by atoms with van der Waals surface area (Å²) in [6.45, 7) is 6.39. The normalized spacial score (nSPS) is 24.8. The van der Waals surface area contributed by atoms with Gasteiger partial charge in [-0.25, -0.2) is 0 Å². The average Bonchev–Trinajstić information content (AvgIpc) is 2.66. The first kappa shape index (κ1) is 14.1. The molecule has 3 nitrogen and oxygen atoms in total. The van der Waals surface area contributed by atoms with Gasteiger partial charge in [0.1, 0.15) is 0 Å². The van der Waals surface area contributed by atoms with Gasteiger partial charge in [-0.2, -0.15) is 0 Å². The molecular weight excluding hydrogens is 236 g/mol. The van der Waals surface area contributed by atoms with E-state index in [4.69, 9.17) is 0 Å². The van der Waals surface area contributed by atoms with Crippen LogP contribution in [0.3, 0.4) is 0 Å². The second kappa shape index (κ2) is 6.20. The molecule has 1 aromatic carbocycles. The fraction of sp³-hybridized carbons (Fsp3) is 0.562. The van der Waals surface area contributed by atoms with Gasteiger partial charge in [-0.1, -0.05) is 43.7 Å². The first-order valence-corrected chi connectivity index (χ1v) is 7.25. The van der Waals surface area contributed by atoms with Crippen molar-refractivity contribution < 1.29 is 4.79 Å². The number of benzene rings is 1. The quantitative estimate of drug-likeness (QED) is 0.882. The summed E-state index contributed by atoms with van der Waals surface area (Å²) in [6.07, 6.45) is 3.10. The summed E-state index contributed by atoms with van der Waals surface area (Å²) in [6, 6.07) is 10.5. The Hall–Kier alpha value is -1.35. The Morgan fingerprint density at radius 3 is 2.63 bits per heavy atom. The Morgan fingerprint density at radius 1 is 1.32 bits per heavy atom. The van der Waals surface area contributed by atoms with Gasteiger partial charge in [-0.15, -0.1) is 0 Å². The van der Waals surface area contributed by atoms with Crippen LogP contribution >= 0.6 is 0 Å². The van der Waals surface area contributed by atoms with Gasteiger partial charge in [-0.05, 0) is 32.3 Å². The summed E-state index contributed by atoms with van der Waals surface area (Å²) >= 11 is 0. The van der Waals surface area contributed by atoms with E-state index in [1.807, 2.05) is 23.1 Å². The van der Waals surface area contributed by atoms with Crippen molar-refractivity contribution in [2.45, 2.75) is 58.3 Å². The summed E-state index contributed by atoms with van der Waals surface area (Å²) in [7, 11) is 0. The summed E-state index contributed by atoms with van der Waals surface area (Å²) in [5.74, 6) is 0.248. The maximum absolute atomic E-state index is 12.5. The van der Waals surface area contributed by atoms with Crippen molar-refractivity contribution >= 4 is 5.91 Å². The van der Waals surface area contributed by atoms with E-state index in [2.05, 4.69) is 38.2 Å². The molecule has 0 aromatic heterocycles. The van der Waals surface area contributed by atoms with E-state index in [1.54, 1.807) is 0 Å². The van der Waals surface area contributed by atoms with Gasteiger partial charge in [0, 0.05) is 6.04 Å². The lowest BCUT2D eigenvalue weighted by Crippen LogP contribution is -2.41. The molecule has 0 spiro atoms. The summed E-state index contributed by atoms with van der Waals surface area (Å²) in [5, 5.41) is 3.42. The highest BCUT2D eigenvalue weighted by molar-refractivity contribution is 5.84. The van der Waals surface area contributed by atoms with Crippen molar-refractivity contribution in [1.82, 2.24) is 10.2 Å². The zero-order valence-corrected chi connectivity index (χ0v) is 12.1. The highest BCUT2D eigenvalue weighted by Gasteiger charge is 2.38. The molecule has 1 aromatic rings. The minimum atomic E-state index is -0.0725. The predicted octanol–water partition coefficient (Wildman–Crippen LogP) is 2.56. The zero-order chi connectivity index (χ0) is 13.8. The Kier molecular flexibility index (Phi) is 4.59. The van der Waals surface area contributed by atoms with Gasteiger partial charge < -0.3 is 4.90 Å². The second-order valence-electron chi connectivity index (χ2n) is 5.47. The van der Waals surface area contributed by atoms with E-state index >= 15 is 0 Å². The highest BCUT2D eigenvalue weighted by Crippen LogP contribution is 2.19. The monoisotopic (exact) mass is 260 g/mol. The van der Waals surface area contributed by atoms with Crippen LogP contribution in [0.5, 0.6) is 0 Å². The fourth-order valence-corrected chi connectivity index (χ4v) is 2.97. The van der Waals surface area contributed by atoms with Crippen LogP contribution in [-0.2, 0) is 11.2 Å². The SMILES string of the molecule is CCCC(C)N1C(=O)C(Cc2ccccc2)NC1C. The molecule has 3 unspecified atom stereocenters. The topological polar surface area (TPSA) is 32.3 Å². The molecule has 1 saturated heterocycles. The molecule has 19 heavy (non-hydrogen) atoms. The fourth-order valence-electron chi connectivity index (χ4n) is 2.97. The van der Waals surface area contributed by atoms with Gasteiger partial charge in [0.2, 0.25) is 5.91 Å². The number of hydrogen-bond acceptors (Lipinski definition) is 2. The maximum atomic E-state index is 12.5. The van der Waals surface area contributed by atoms with E-state index in [0.717, 1.165) is 19.3 Å². The molecule has 1 aliphatic heterocycles. The van der Waals surface area contributed by atoms with Gasteiger partial charge in [0.05, 0.1) is 12.2 Å². The van der Waals surface area contributed by atoms with Crippen LogP contribution in [0.2, 0.25) is 0 Å². The molecule has 2 rings (SSSR count). The first-order valence-electron chi connectivity index (χ1n) is 7.25. The van der Waals surface area contributed by atoms with Gasteiger partial charge in [0.25, 0.3) is 0 Å². The molecule has 1 N–H and O–H groups in total. The minimum Gasteiger partial charge on any atom is -0.323 e. The molecular formula is C16H24N2O. The van der Waals surface area contributed by atoms with Crippen LogP contribution in [-0.4, -0.2) is 29.1 Å². The largest absolute Gasteiger partial charge is 0.323 e. The Bertz CT molecular complexity index is 418. The Morgan fingerprint density at radius 2 is 2.00 bits per heavy atom. The van der Waals surface area contributed by atoms with E-state index in [1.165, 1.54) is 5.56 Å². The van der Waals surface area contributed by atoms with Gasteiger partial charge in [0.15, 0.2) is 0 Å². The molecule has 0 aliphatic carbocycles. The number of rotatable bonds is 5. The smallest absolute Gasteiger partial charge is 0.241 e. The molecule has 0 saturated carbocycles. The molecule has 0 bridgehead atoms. The second-order valence-corrected chi connectivity index (χ2v) is 5.47. The molecule has 3 atom stereocenters. The molecule has 1 fully saturated rings. The van der Waals surface area contributed by atoms with Crippen LogP contribution in [0, 0.1) is 0 Å². The molecule has 1 amide bonds. The van der Waals surface area contributed by atoms with E-state index in [-0.39, 0.29) is 18.1 Å². The number of carbonyl (C=O) groups excluding carboxylic acids is 1. The van der Waals surface area contributed by atoms with Crippen LogP contribution < -0.4 is 5.32 Å². The molecule has 1 aliphatic rings. The van der Waals surface area contributed by atoms with Gasteiger partial charge in [-0.3, -0.25) is 10.1 Å². The van der Waals surface area contributed by atoms with Gasteiger partial charge >= 0.3 is 0 Å². The van der Waals surface area contributed by atoms with E-state index in [9.17, 15) is 4.79 Å². The van der Waals surface area contributed by atoms with Crippen LogP contribution in [0.4, 0.5) is 0 Å². The number of amides is 1. The number of nitrogens with zero attached hydrogens (tertiary/aromatic N) is 1. The van der Waals surface area contributed by atoms with Crippen molar-refractivity contribution in [2.24, 2.45) is 0 Å². The van der Waals surface area contributed by atoms with E-state index < -0.39 is 0 Å². The maximum Gasteiger partial charge on any atom is 0.241 e. The third-order valence-corrected chi connectivity index (χ3v) is 3.88. The van der Waals surface area contributed by atoms with E-state index in [0.29, 0.717) is 6.04 Å². The molecule has 104 valence electrons. The number of nitrogens with one attached hydrogen (secondary N) is 1. The Labute approximate surface area is 116 Å². The lowest BCUT2D eigenvalue weighted by Gasteiger charge is -2.28. The van der Waals surface area contributed by atoms with Crippen molar-refractivity contribution in [1.29, 1.82) is 0 Å². The molecule has 0 radical (unpaired) electrons. The average molecular weight is 260 g/mol. The summed E-state index contributed by atoms with van der Waals surface area (Å²) in [5.41, 5.74) is 1.21. The zero-order valence-electron chi connectivity index (χ0n) is 12.1. The number of carbonyl (C=O) groups is 1. The Balaban J connectivity index is 2.03. The van der Waals surface area contributed by atoms with Crippen molar-refractivity contribution in [3.63, 3.8) is 0 Å². The summed E-state index contributed by atoms with van der Waals surface area (Å²) < 4.78 is 0. The van der Waals surface area contributed by atoms with Crippen molar-refractivity contribution in [3.05, 3.63) is 35.9 Å². The van der Waals surface area contributed by atoms with Crippen LogP contribution in [0.25, 0.3) is 0 Å². The lowest BCUT2D eigenvalue weighted by molar-refractivity contribution is -0.131.